The lowest BCUT2D eigenvalue weighted by atomic mass is 10.2. The van der Waals surface area contributed by atoms with Gasteiger partial charge in [0.05, 0.1) is 12.2 Å². The van der Waals surface area contributed by atoms with E-state index in [4.69, 9.17) is 0 Å². The number of hydrogen-bond acceptors (Lipinski definition) is 6. The number of hydrogen-bond donors (Lipinski definition) is 0. The van der Waals surface area contributed by atoms with Crippen LogP contribution in [0.2, 0.25) is 0 Å². The Balaban J connectivity index is 3.50. The molecule has 0 fully saturated rings. The third-order valence-corrected chi connectivity index (χ3v) is 2.10. The molecule has 0 spiro atoms. The summed E-state index contributed by atoms with van der Waals surface area (Å²) in [5.41, 5.74) is -2.43. The van der Waals surface area contributed by atoms with Crippen molar-refractivity contribution in [2.24, 2.45) is 0 Å². The van der Waals surface area contributed by atoms with Crippen LogP contribution in [0.4, 0.5) is 27.8 Å². The van der Waals surface area contributed by atoms with Crippen LogP contribution >= 0.6 is 0 Å². The maximum absolute atomic E-state index is 12.8. The maximum atomic E-state index is 12.8. The molecule has 0 aliphatic carbocycles. The molecule has 0 aromatic carbocycles. The first kappa shape index (κ1) is 17.5. The lowest BCUT2D eigenvalue weighted by molar-refractivity contribution is -0.393. The summed E-state index contributed by atoms with van der Waals surface area (Å²) < 4.78 is 69.7. The van der Waals surface area contributed by atoms with E-state index in [9.17, 15) is 36.9 Å². The third kappa shape index (κ3) is 4.23. The molecule has 22 heavy (non-hydrogen) atoms. The Labute approximate surface area is 118 Å². The zero-order valence-corrected chi connectivity index (χ0v) is 10.7. The molecule has 0 aliphatic heterocycles. The molecule has 0 radical (unpaired) electrons. The van der Waals surface area contributed by atoms with Crippen molar-refractivity contribution in [1.29, 1.82) is 0 Å². The van der Waals surface area contributed by atoms with Crippen molar-refractivity contribution in [3.05, 3.63) is 27.4 Å². The average molecular weight is 330 g/mol. The van der Waals surface area contributed by atoms with Gasteiger partial charge in [0.25, 0.3) is 12.1 Å². The molecule has 1 rings (SSSR count). The van der Waals surface area contributed by atoms with Crippen LogP contribution in [0.25, 0.3) is 0 Å². The van der Waals surface area contributed by atoms with E-state index in [0.717, 1.165) is 0 Å². The van der Waals surface area contributed by atoms with E-state index in [1.54, 1.807) is 0 Å². The number of nitrogens with zero attached hydrogens (tertiary/aromatic N) is 2. The second-order valence-electron chi connectivity index (χ2n) is 3.57. The highest BCUT2D eigenvalue weighted by Gasteiger charge is 2.38. The molecule has 0 bridgehead atoms. The minimum absolute atomic E-state index is 0.0372. The van der Waals surface area contributed by atoms with Gasteiger partial charge in [-0.1, -0.05) is 0 Å². The summed E-state index contributed by atoms with van der Waals surface area (Å²) in [4.78, 5) is 23.6. The molecular weight excluding hydrogens is 323 g/mol. The summed E-state index contributed by atoms with van der Waals surface area (Å²) in [6.45, 7) is 1.08. The standard InChI is InChI=1S/C10H7F5N2O5/c1-2-21-9(18)6-4(7(11)12)3-5(22-10(13,14)15)8(16-6)17(19)20/h3,7H,2H2,1H3. The third-order valence-electron chi connectivity index (χ3n) is 2.10. The predicted molar refractivity (Wildman–Crippen MR) is 58.5 cm³/mol. The first-order chi connectivity index (χ1) is 10.1. The van der Waals surface area contributed by atoms with E-state index in [2.05, 4.69) is 14.5 Å². The highest BCUT2D eigenvalue weighted by Crippen LogP contribution is 2.35. The molecule has 0 N–H and O–H groups in total. The normalized spacial score (nSPS) is 11.4. The summed E-state index contributed by atoms with van der Waals surface area (Å²) in [6, 6.07) is 0.0372. The van der Waals surface area contributed by atoms with E-state index in [1.165, 1.54) is 6.92 Å². The largest absolute Gasteiger partial charge is 0.573 e. The molecule has 1 heterocycles. The lowest BCUT2D eigenvalue weighted by Crippen LogP contribution is -2.20. The molecule has 0 unspecified atom stereocenters. The Morgan fingerprint density at radius 1 is 1.45 bits per heavy atom. The first-order valence-corrected chi connectivity index (χ1v) is 5.47. The Kier molecular flexibility index (Phi) is 5.17. The molecule has 0 saturated carbocycles. The fourth-order valence-electron chi connectivity index (χ4n) is 1.36. The van der Waals surface area contributed by atoms with Gasteiger partial charge in [-0.05, 0) is 16.8 Å². The molecule has 1 aromatic rings. The molecule has 0 amide bonds. The highest BCUT2D eigenvalue weighted by atomic mass is 19.4. The van der Waals surface area contributed by atoms with Crippen LogP contribution in [0.1, 0.15) is 29.4 Å². The summed E-state index contributed by atoms with van der Waals surface area (Å²) in [7, 11) is 0. The van der Waals surface area contributed by atoms with E-state index in [-0.39, 0.29) is 12.7 Å². The summed E-state index contributed by atoms with van der Waals surface area (Å²) in [5, 5.41) is 10.7. The molecule has 7 nitrogen and oxygen atoms in total. The van der Waals surface area contributed by atoms with E-state index >= 15 is 0 Å². The minimum Gasteiger partial charge on any atom is -0.460 e. The van der Waals surface area contributed by atoms with Gasteiger partial charge in [0.2, 0.25) is 5.75 Å². The van der Waals surface area contributed by atoms with Gasteiger partial charge >= 0.3 is 18.1 Å². The van der Waals surface area contributed by atoms with Crippen LogP contribution in [-0.4, -0.2) is 28.8 Å². The van der Waals surface area contributed by atoms with Crippen molar-refractivity contribution in [2.45, 2.75) is 19.7 Å². The van der Waals surface area contributed by atoms with Crippen LogP contribution in [0.3, 0.4) is 0 Å². The molecule has 122 valence electrons. The summed E-state index contributed by atoms with van der Waals surface area (Å²) in [5.74, 6) is -4.52. The van der Waals surface area contributed by atoms with E-state index in [1.807, 2.05) is 0 Å². The lowest BCUT2D eigenvalue weighted by Gasteiger charge is -2.11. The Morgan fingerprint density at radius 2 is 2.05 bits per heavy atom. The van der Waals surface area contributed by atoms with Crippen LogP contribution in [0.15, 0.2) is 6.07 Å². The monoisotopic (exact) mass is 330 g/mol. The van der Waals surface area contributed by atoms with Crippen molar-refractivity contribution < 1.29 is 41.1 Å². The zero-order valence-electron chi connectivity index (χ0n) is 10.7. The number of alkyl halides is 5. The Morgan fingerprint density at radius 3 is 2.45 bits per heavy atom. The molecule has 12 heteroatoms. The van der Waals surface area contributed by atoms with Gasteiger partial charge < -0.3 is 19.6 Å². The quantitative estimate of drug-likeness (QED) is 0.357. The maximum Gasteiger partial charge on any atom is 0.573 e. The number of aromatic nitrogens is 1. The number of carbonyl (C=O) groups excluding carboxylic acids is 1. The molecule has 0 aliphatic rings. The number of rotatable bonds is 5. The van der Waals surface area contributed by atoms with Crippen molar-refractivity contribution >= 4 is 11.8 Å². The second kappa shape index (κ2) is 6.49. The van der Waals surface area contributed by atoms with Gasteiger partial charge in [-0.3, -0.25) is 0 Å². The van der Waals surface area contributed by atoms with Crippen molar-refractivity contribution in [3.63, 3.8) is 0 Å². The van der Waals surface area contributed by atoms with Crippen LogP contribution in [0.5, 0.6) is 5.75 Å². The van der Waals surface area contributed by atoms with Gasteiger partial charge in [0, 0.05) is 6.07 Å². The number of nitro groups is 1. The fourth-order valence-corrected chi connectivity index (χ4v) is 1.36. The van der Waals surface area contributed by atoms with Crippen molar-refractivity contribution in [3.8, 4) is 5.75 Å². The predicted octanol–water partition coefficient (Wildman–Crippen LogP) is 3.00. The second-order valence-corrected chi connectivity index (χ2v) is 3.57. The molecule has 0 saturated heterocycles. The van der Waals surface area contributed by atoms with Crippen LogP contribution in [0, 0.1) is 10.1 Å². The number of pyridine rings is 1. The topological polar surface area (TPSA) is 91.6 Å². The van der Waals surface area contributed by atoms with Gasteiger partial charge in [0.1, 0.15) is 0 Å². The number of ether oxygens (including phenoxy) is 2. The van der Waals surface area contributed by atoms with Crippen molar-refractivity contribution in [1.82, 2.24) is 4.98 Å². The fraction of sp³-hybridized carbons (Fsp3) is 0.400. The van der Waals surface area contributed by atoms with Gasteiger partial charge in [-0.2, -0.15) is 0 Å². The molecule has 1 aromatic heterocycles. The average Bonchev–Trinajstić information content (AvgIpc) is 2.36. The van der Waals surface area contributed by atoms with Gasteiger partial charge in [-0.25, -0.2) is 13.6 Å². The van der Waals surface area contributed by atoms with Gasteiger partial charge in [-0.15, -0.1) is 13.2 Å². The van der Waals surface area contributed by atoms with Crippen molar-refractivity contribution in [2.75, 3.05) is 6.61 Å². The highest BCUT2D eigenvalue weighted by molar-refractivity contribution is 5.89. The number of carbonyl (C=O) groups is 1. The number of halogens is 5. The van der Waals surface area contributed by atoms with Gasteiger partial charge in [0.15, 0.2) is 0 Å². The summed E-state index contributed by atoms with van der Waals surface area (Å²) >= 11 is 0. The smallest absolute Gasteiger partial charge is 0.460 e. The first-order valence-electron chi connectivity index (χ1n) is 5.47. The summed E-state index contributed by atoms with van der Waals surface area (Å²) in [6.07, 6.45) is -8.79. The Hall–Kier alpha value is -2.53. The molecular formula is C10H7F5N2O5. The van der Waals surface area contributed by atoms with E-state index < -0.39 is 46.5 Å². The zero-order chi connectivity index (χ0) is 17.1. The van der Waals surface area contributed by atoms with E-state index in [0.29, 0.717) is 0 Å². The number of esters is 1. The van der Waals surface area contributed by atoms with Crippen LogP contribution in [-0.2, 0) is 4.74 Å². The molecule has 0 atom stereocenters. The Bertz CT molecular complexity index is 590. The SMILES string of the molecule is CCOC(=O)c1nc([N+](=O)[O-])c(OC(F)(F)F)cc1C(F)F. The minimum atomic E-state index is -5.36. The van der Waals surface area contributed by atoms with Crippen LogP contribution < -0.4 is 4.74 Å².